The summed E-state index contributed by atoms with van der Waals surface area (Å²) >= 11 is 6.24. The predicted molar refractivity (Wildman–Crippen MR) is 116 cm³/mol. The fourth-order valence-corrected chi connectivity index (χ4v) is 4.82. The van der Waals surface area contributed by atoms with Crippen molar-refractivity contribution in [3.8, 4) is 5.75 Å². The number of nitrogens with one attached hydrogen (secondary N) is 2. The van der Waals surface area contributed by atoms with E-state index in [0.29, 0.717) is 39.9 Å². The van der Waals surface area contributed by atoms with Gasteiger partial charge in [-0.25, -0.2) is 0 Å². The van der Waals surface area contributed by atoms with Crippen LogP contribution in [-0.2, 0) is 23.0 Å². The number of aromatic nitrogens is 1. The summed E-state index contributed by atoms with van der Waals surface area (Å²) in [5.74, 6) is 0.570. The van der Waals surface area contributed by atoms with Gasteiger partial charge in [0, 0.05) is 53.0 Å². The topological polar surface area (TPSA) is 66.5 Å². The van der Waals surface area contributed by atoms with E-state index in [0.717, 1.165) is 5.56 Å². The minimum atomic E-state index is -4.85. The summed E-state index contributed by atoms with van der Waals surface area (Å²) in [6.07, 6.45) is -2.33. The third-order valence-corrected chi connectivity index (χ3v) is 6.35. The summed E-state index contributed by atoms with van der Waals surface area (Å²) in [4.78, 5) is 2.99. The lowest BCUT2D eigenvalue weighted by Crippen LogP contribution is -2.51. The third kappa shape index (κ3) is 4.23. The standard InChI is InChI=1S/C23H26ClF3N2O3/c1-21(2,17-8-15(24)6-13-4-5-32-20(13)17)12-22(30,23(25,26)27)10-16-7-14-11-28-19(31-3)9-18(14)29-16/h6-9,11,19,28-30H,4-5,10,12H2,1-3H3. The molecule has 2 aliphatic rings. The third-order valence-electron chi connectivity index (χ3n) is 6.13. The second-order valence-electron chi connectivity index (χ2n) is 9.10. The van der Waals surface area contributed by atoms with E-state index >= 15 is 0 Å². The maximum atomic E-state index is 14.2. The lowest BCUT2D eigenvalue weighted by atomic mass is 9.73. The Kier molecular flexibility index (Phi) is 5.76. The van der Waals surface area contributed by atoms with Crippen molar-refractivity contribution in [2.45, 2.75) is 56.5 Å². The molecule has 32 heavy (non-hydrogen) atoms. The van der Waals surface area contributed by atoms with E-state index in [9.17, 15) is 18.3 Å². The molecule has 2 atom stereocenters. The van der Waals surface area contributed by atoms with Crippen molar-refractivity contribution in [1.29, 1.82) is 0 Å². The number of halogens is 4. The van der Waals surface area contributed by atoms with Crippen LogP contribution in [0, 0.1) is 0 Å². The molecule has 0 radical (unpaired) electrons. The van der Waals surface area contributed by atoms with Crippen LogP contribution in [0.2, 0.25) is 5.02 Å². The number of H-pyrrole nitrogens is 1. The molecule has 0 aliphatic carbocycles. The first-order valence-electron chi connectivity index (χ1n) is 10.4. The largest absolute Gasteiger partial charge is 0.493 e. The molecule has 0 bridgehead atoms. The molecule has 4 rings (SSSR count). The van der Waals surface area contributed by atoms with E-state index in [1.54, 1.807) is 44.3 Å². The van der Waals surface area contributed by atoms with Gasteiger partial charge in [-0.1, -0.05) is 25.4 Å². The Morgan fingerprint density at radius 2 is 2.00 bits per heavy atom. The Morgan fingerprint density at radius 3 is 2.69 bits per heavy atom. The van der Waals surface area contributed by atoms with Crippen molar-refractivity contribution in [3.63, 3.8) is 0 Å². The van der Waals surface area contributed by atoms with Gasteiger partial charge in [0.25, 0.3) is 0 Å². The van der Waals surface area contributed by atoms with Crippen molar-refractivity contribution in [3.05, 3.63) is 50.6 Å². The second kappa shape index (κ2) is 8.01. The van der Waals surface area contributed by atoms with Crippen LogP contribution in [0.4, 0.5) is 13.2 Å². The van der Waals surface area contributed by atoms with Gasteiger partial charge in [-0.3, -0.25) is 0 Å². The zero-order valence-corrected chi connectivity index (χ0v) is 18.8. The quantitative estimate of drug-likeness (QED) is 0.607. The average molecular weight is 471 g/mol. The molecule has 0 saturated heterocycles. The van der Waals surface area contributed by atoms with Crippen LogP contribution in [0.15, 0.2) is 18.2 Å². The van der Waals surface area contributed by atoms with Crippen molar-refractivity contribution in [2.75, 3.05) is 13.7 Å². The summed E-state index contributed by atoms with van der Waals surface area (Å²) < 4.78 is 53.6. The number of hydrogen-bond acceptors (Lipinski definition) is 4. The highest BCUT2D eigenvalue weighted by molar-refractivity contribution is 6.30. The summed E-state index contributed by atoms with van der Waals surface area (Å²) in [6.45, 7) is 3.80. The number of alkyl halides is 3. The summed E-state index contributed by atoms with van der Waals surface area (Å²) in [5.41, 5.74) is -2.30. The van der Waals surface area contributed by atoms with Crippen LogP contribution >= 0.6 is 11.6 Å². The zero-order valence-electron chi connectivity index (χ0n) is 18.1. The fourth-order valence-electron chi connectivity index (χ4n) is 4.58. The molecule has 5 nitrogen and oxygen atoms in total. The molecule has 1 aromatic carbocycles. The Hall–Kier alpha value is -2.16. The number of hydrogen-bond donors (Lipinski definition) is 3. The average Bonchev–Trinajstić information content (AvgIpc) is 3.30. The Bertz CT molecular complexity index is 1140. The number of benzene rings is 1. The minimum absolute atomic E-state index is 0.282. The number of rotatable bonds is 6. The highest BCUT2D eigenvalue weighted by Crippen LogP contribution is 2.47. The van der Waals surface area contributed by atoms with Crippen LogP contribution in [0.5, 0.6) is 5.75 Å². The minimum Gasteiger partial charge on any atom is -0.493 e. The van der Waals surface area contributed by atoms with Gasteiger partial charge in [-0.2, -0.15) is 13.2 Å². The van der Waals surface area contributed by atoms with Crippen LogP contribution < -0.4 is 20.6 Å². The molecule has 0 saturated carbocycles. The molecule has 2 aromatic rings. The molecule has 2 aliphatic heterocycles. The van der Waals surface area contributed by atoms with E-state index in [1.165, 1.54) is 7.11 Å². The van der Waals surface area contributed by atoms with E-state index in [-0.39, 0.29) is 11.9 Å². The Labute approximate surface area is 188 Å². The molecule has 174 valence electrons. The zero-order chi connectivity index (χ0) is 23.3. The summed E-state index contributed by atoms with van der Waals surface area (Å²) in [5, 5.41) is 15.8. The lowest BCUT2D eigenvalue weighted by molar-refractivity contribution is -0.266. The highest BCUT2D eigenvalue weighted by Gasteiger charge is 2.56. The van der Waals surface area contributed by atoms with Crippen molar-refractivity contribution < 1.29 is 27.8 Å². The number of methoxy groups -OCH3 is 1. The SMILES string of the molecule is COC1C=c2[nH]c(CC(O)(CC(C)(C)c3cc(Cl)cc4c3OCC4)C(F)(F)F)cc2=CN1. The smallest absolute Gasteiger partial charge is 0.417 e. The first-order chi connectivity index (χ1) is 14.9. The number of ether oxygens (including phenoxy) is 2. The molecular weight excluding hydrogens is 445 g/mol. The van der Waals surface area contributed by atoms with Crippen LogP contribution in [0.25, 0.3) is 12.3 Å². The molecule has 3 heterocycles. The van der Waals surface area contributed by atoms with Gasteiger partial charge in [0.15, 0.2) is 5.60 Å². The van der Waals surface area contributed by atoms with E-state index in [2.05, 4.69) is 10.3 Å². The van der Waals surface area contributed by atoms with Crippen LogP contribution in [-0.4, -0.2) is 41.8 Å². The summed E-state index contributed by atoms with van der Waals surface area (Å²) in [6, 6.07) is 5.02. The predicted octanol–water partition coefficient (Wildman–Crippen LogP) is 2.90. The Balaban J connectivity index is 1.69. The molecule has 2 unspecified atom stereocenters. The van der Waals surface area contributed by atoms with Crippen molar-refractivity contribution in [1.82, 2.24) is 10.3 Å². The molecule has 9 heteroatoms. The summed E-state index contributed by atoms with van der Waals surface area (Å²) in [7, 11) is 1.53. The molecular formula is C23H26ClF3N2O3. The van der Waals surface area contributed by atoms with Gasteiger partial charge in [0.2, 0.25) is 0 Å². The number of aliphatic hydroxyl groups is 1. The number of fused-ring (bicyclic) bond motifs is 2. The monoisotopic (exact) mass is 470 g/mol. The van der Waals surface area contributed by atoms with Gasteiger partial charge in [-0.05, 0) is 41.7 Å². The first kappa shape index (κ1) is 23.0. The van der Waals surface area contributed by atoms with E-state index in [1.807, 2.05) is 0 Å². The van der Waals surface area contributed by atoms with Crippen LogP contribution in [0.1, 0.15) is 37.1 Å². The van der Waals surface area contributed by atoms with Crippen LogP contribution in [0.3, 0.4) is 0 Å². The molecule has 0 amide bonds. The van der Waals surface area contributed by atoms with E-state index in [4.69, 9.17) is 21.1 Å². The van der Waals surface area contributed by atoms with Gasteiger partial charge in [0.05, 0.1) is 6.61 Å². The normalized spacial score (nSPS) is 19.7. The molecule has 1 aromatic heterocycles. The van der Waals surface area contributed by atoms with E-state index < -0.39 is 30.0 Å². The Morgan fingerprint density at radius 1 is 1.25 bits per heavy atom. The molecule has 0 fully saturated rings. The van der Waals surface area contributed by atoms with Gasteiger partial charge in [-0.15, -0.1) is 0 Å². The van der Waals surface area contributed by atoms with Crippen molar-refractivity contribution >= 4 is 23.9 Å². The molecule has 3 N–H and O–H groups in total. The first-order valence-corrected chi connectivity index (χ1v) is 10.7. The maximum Gasteiger partial charge on any atom is 0.417 e. The van der Waals surface area contributed by atoms with Gasteiger partial charge in [0.1, 0.15) is 12.0 Å². The fraction of sp³-hybridized carbons (Fsp3) is 0.478. The highest BCUT2D eigenvalue weighted by atomic mass is 35.5. The maximum absolute atomic E-state index is 14.2. The molecule has 0 spiro atoms. The number of aromatic amines is 1. The van der Waals surface area contributed by atoms with Gasteiger partial charge < -0.3 is 24.9 Å². The second-order valence-corrected chi connectivity index (χ2v) is 9.54. The lowest BCUT2D eigenvalue weighted by Gasteiger charge is -2.38. The van der Waals surface area contributed by atoms with Gasteiger partial charge >= 0.3 is 6.18 Å². The van der Waals surface area contributed by atoms with Crippen molar-refractivity contribution in [2.24, 2.45) is 0 Å².